The minimum atomic E-state index is 1.17. The van der Waals surface area contributed by atoms with Gasteiger partial charge < -0.3 is 9.80 Å². The lowest BCUT2D eigenvalue weighted by Crippen LogP contribution is -2.20. The monoisotopic (exact) mass is 474 g/mol. The maximum atomic E-state index is 2.62. The van der Waals surface area contributed by atoms with Crippen LogP contribution in [0.2, 0.25) is 0 Å². The van der Waals surface area contributed by atoms with Gasteiger partial charge in [-0.2, -0.15) is 0 Å². The maximum absolute atomic E-state index is 2.62. The van der Waals surface area contributed by atoms with Gasteiger partial charge in [0, 0.05) is 17.1 Å². The van der Waals surface area contributed by atoms with E-state index in [1.165, 1.54) is 96.6 Å². The summed E-state index contributed by atoms with van der Waals surface area (Å²) in [6, 6.07) is 35.7. The Bertz CT molecular complexity index is 1170. The van der Waals surface area contributed by atoms with Crippen LogP contribution in [0.3, 0.4) is 0 Å². The molecule has 0 aliphatic carbocycles. The third-order valence-corrected chi connectivity index (χ3v) is 7.39. The molecule has 5 rings (SSSR count). The van der Waals surface area contributed by atoms with Crippen molar-refractivity contribution in [3.8, 4) is 11.1 Å². The molecule has 0 unspecified atom stereocenters. The van der Waals surface area contributed by atoms with Crippen molar-refractivity contribution in [2.45, 2.75) is 46.0 Å². The van der Waals surface area contributed by atoms with E-state index in [-0.39, 0.29) is 0 Å². The zero-order chi connectivity index (χ0) is 24.7. The Kier molecular flexibility index (Phi) is 7.83. The highest BCUT2D eigenvalue weighted by atomic mass is 15.1. The SMILES string of the molecule is Cc1ccc(N(c2ccc(C)cc2)c2ccc(-c3ccc(CCCCN4CCCC4)cc3)cc2)cc1. The first kappa shape index (κ1) is 24.3. The minimum Gasteiger partial charge on any atom is -0.311 e. The van der Waals surface area contributed by atoms with E-state index in [4.69, 9.17) is 0 Å². The largest absolute Gasteiger partial charge is 0.311 e. The second-order valence-corrected chi connectivity index (χ2v) is 10.3. The summed E-state index contributed by atoms with van der Waals surface area (Å²) in [6.07, 6.45) is 6.53. The molecule has 2 heteroatoms. The van der Waals surface area contributed by atoms with Crippen LogP contribution in [0.1, 0.15) is 42.4 Å². The van der Waals surface area contributed by atoms with E-state index >= 15 is 0 Å². The fourth-order valence-electron chi connectivity index (χ4n) is 5.17. The van der Waals surface area contributed by atoms with Crippen LogP contribution in [0.15, 0.2) is 97.1 Å². The average molecular weight is 475 g/mol. The number of nitrogens with zero attached hydrogens (tertiary/aromatic N) is 2. The van der Waals surface area contributed by atoms with Gasteiger partial charge in [0.1, 0.15) is 0 Å². The Morgan fingerprint density at radius 2 is 1.00 bits per heavy atom. The van der Waals surface area contributed by atoms with Crippen LogP contribution in [0.25, 0.3) is 11.1 Å². The highest BCUT2D eigenvalue weighted by Crippen LogP contribution is 2.35. The third kappa shape index (κ3) is 6.06. The predicted octanol–water partition coefficient (Wildman–Crippen LogP) is 8.86. The summed E-state index contributed by atoms with van der Waals surface area (Å²) in [4.78, 5) is 4.94. The van der Waals surface area contributed by atoms with Crippen LogP contribution in [0, 0.1) is 13.8 Å². The lowest BCUT2D eigenvalue weighted by molar-refractivity contribution is 0.330. The highest BCUT2D eigenvalue weighted by Gasteiger charge is 2.13. The maximum Gasteiger partial charge on any atom is 0.0462 e. The normalized spacial score (nSPS) is 13.7. The highest BCUT2D eigenvalue weighted by molar-refractivity contribution is 5.78. The van der Waals surface area contributed by atoms with E-state index in [0.717, 1.165) is 0 Å². The van der Waals surface area contributed by atoms with Crippen molar-refractivity contribution in [3.05, 3.63) is 114 Å². The van der Waals surface area contributed by atoms with E-state index in [9.17, 15) is 0 Å². The molecule has 4 aromatic carbocycles. The summed E-state index contributed by atoms with van der Waals surface area (Å²) in [6.45, 7) is 8.15. The van der Waals surface area contributed by atoms with Crippen molar-refractivity contribution in [2.75, 3.05) is 24.5 Å². The molecule has 36 heavy (non-hydrogen) atoms. The van der Waals surface area contributed by atoms with Crippen molar-refractivity contribution in [1.82, 2.24) is 4.90 Å². The molecule has 0 amide bonds. The van der Waals surface area contributed by atoms with Gasteiger partial charge in [-0.25, -0.2) is 0 Å². The van der Waals surface area contributed by atoms with Crippen molar-refractivity contribution >= 4 is 17.1 Å². The molecule has 0 aromatic heterocycles. The molecule has 0 bridgehead atoms. The van der Waals surface area contributed by atoms with E-state index < -0.39 is 0 Å². The molecule has 0 saturated carbocycles. The number of hydrogen-bond donors (Lipinski definition) is 0. The predicted molar refractivity (Wildman–Crippen MR) is 155 cm³/mol. The summed E-state index contributed by atoms with van der Waals surface area (Å²) in [5.41, 5.74) is 10.0. The molecule has 1 aliphatic rings. The van der Waals surface area contributed by atoms with Gasteiger partial charge in [0.2, 0.25) is 0 Å². The molecule has 0 atom stereocenters. The second-order valence-electron chi connectivity index (χ2n) is 10.3. The van der Waals surface area contributed by atoms with Gasteiger partial charge in [-0.3, -0.25) is 0 Å². The molecular weight excluding hydrogens is 436 g/mol. The van der Waals surface area contributed by atoms with Crippen molar-refractivity contribution in [1.29, 1.82) is 0 Å². The molecule has 0 spiro atoms. The van der Waals surface area contributed by atoms with Gasteiger partial charge in [0.15, 0.2) is 0 Å². The molecule has 4 aromatic rings. The fourth-order valence-corrected chi connectivity index (χ4v) is 5.17. The molecule has 1 heterocycles. The number of unbranched alkanes of at least 4 members (excludes halogenated alkanes) is 1. The molecule has 2 nitrogen and oxygen atoms in total. The topological polar surface area (TPSA) is 6.48 Å². The smallest absolute Gasteiger partial charge is 0.0462 e. The van der Waals surface area contributed by atoms with Crippen LogP contribution >= 0.6 is 0 Å². The van der Waals surface area contributed by atoms with Gasteiger partial charge in [-0.15, -0.1) is 0 Å². The average Bonchev–Trinajstić information content (AvgIpc) is 3.44. The number of likely N-dealkylation sites (tertiary alicyclic amines) is 1. The Hall–Kier alpha value is -3.36. The minimum absolute atomic E-state index is 1.17. The molecular formula is C34H38N2. The third-order valence-electron chi connectivity index (χ3n) is 7.39. The fraction of sp³-hybridized carbons (Fsp3) is 0.294. The first-order valence-electron chi connectivity index (χ1n) is 13.5. The summed E-state index contributed by atoms with van der Waals surface area (Å²) in [5.74, 6) is 0. The van der Waals surface area contributed by atoms with Gasteiger partial charge in [-0.1, -0.05) is 71.8 Å². The van der Waals surface area contributed by atoms with Crippen LogP contribution in [-0.4, -0.2) is 24.5 Å². The van der Waals surface area contributed by atoms with Crippen LogP contribution in [0.5, 0.6) is 0 Å². The number of hydrogen-bond acceptors (Lipinski definition) is 2. The van der Waals surface area contributed by atoms with Crippen LogP contribution in [0.4, 0.5) is 17.1 Å². The Balaban J connectivity index is 1.28. The molecule has 184 valence electrons. The summed E-state index contributed by atoms with van der Waals surface area (Å²) in [5, 5.41) is 0. The van der Waals surface area contributed by atoms with Crippen LogP contribution in [-0.2, 0) is 6.42 Å². The van der Waals surface area contributed by atoms with Gasteiger partial charge in [0.05, 0.1) is 0 Å². The summed E-state index contributed by atoms with van der Waals surface area (Å²) >= 11 is 0. The zero-order valence-electron chi connectivity index (χ0n) is 21.8. The quantitative estimate of drug-likeness (QED) is 0.224. The second kappa shape index (κ2) is 11.6. The van der Waals surface area contributed by atoms with E-state index in [0.29, 0.717) is 0 Å². The molecule has 0 N–H and O–H groups in total. The molecule has 1 saturated heterocycles. The molecule has 0 radical (unpaired) electrons. The van der Waals surface area contributed by atoms with Crippen molar-refractivity contribution in [2.24, 2.45) is 0 Å². The Labute approximate surface area is 217 Å². The summed E-state index contributed by atoms with van der Waals surface area (Å²) < 4.78 is 0. The van der Waals surface area contributed by atoms with Crippen molar-refractivity contribution in [3.63, 3.8) is 0 Å². The van der Waals surface area contributed by atoms with Crippen molar-refractivity contribution < 1.29 is 0 Å². The number of aryl methyl sites for hydroxylation is 3. The van der Waals surface area contributed by atoms with E-state index in [1.54, 1.807) is 0 Å². The Morgan fingerprint density at radius 3 is 1.50 bits per heavy atom. The van der Waals surface area contributed by atoms with Gasteiger partial charge in [-0.05, 0) is 119 Å². The van der Waals surface area contributed by atoms with E-state index in [1.807, 2.05) is 0 Å². The number of rotatable bonds is 9. The first-order valence-corrected chi connectivity index (χ1v) is 13.5. The van der Waals surface area contributed by atoms with Crippen LogP contribution < -0.4 is 4.90 Å². The van der Waals surface area contributed by atoms with Gasteiger partial charge >= 0.3 is 0 Å². The summed E-state index contributed by atoms with van der Waals surface area (Å²) in [7, 11) is 0. The lowest BCUT2D eigenvalue weighted by Gasteiger charge is -2.26. The van der Waals surface area contributed by atoms with E-state index in [2.05, 4.69) is 121 Å². The Morgan fingerprint density at radius 1 is 0.556 bits per heavy atom. The van der Waals surface area contributed by atoms with Gasteiger partial charge in [0.25, 0.3) is 0 Å². The lowest BCUT2D eigenvalue weighted by atomic mass is 10.0. The first-order chi connectivity index (χ1) is 17.7. The number of anilines is 3. The molecule has 1 fully saturated rings. The number of benzene rings is 4. The standard InChI is InChI=1S/C34H38N2/c1-27-8-18-32(19-9-27)36(33-20-10-28(2)11-21-33)34-22-16-31(17-23-34)30-14-12-29(13-15-30)7-3-4-24-35-25-5-6-26-35/h8-23H,3-7,24-26H2,1-2H3. The zero-order valence-corrected chi connectivity index (χ0v) is 21.8. The molecule has 1 aliphatic heterocycles.